The third-order valence-corrected chi connectivity index (χ3v) is 5.01. The van der Waals surface area contributed by atoms with Crippen LogP contribution in [0.3, 0.4) is 0 Å². The summed E-state index contributed by atoms with van der Waals surface area (Å²) in [5, 5.41) is 1.83. The first-order valence-electron chi connectivity index (χ1n) is 8.33. The second kappa shape index (κ2) is 5.88. The highest BCUT2D eigenvalue weighted by atomic mass is 32.2. The van der Waals surface area contributed by atoms with E-state index in [-0.39, 0.29) is 5.56 Å². The minimum Gasteiger partial charge on any atom is -0.266 e. The fourth-order valence-corrected chi connectivity index (χ4v) is 3.51. The van der Waals surface area contributed by atoms with Crippen LogP contribution in [0.25, 0.3) is 33.4 Å². The average molecular weight is 374 g/mol. The van der Waals surface area contributed by atoms with Crippen molar-refractivity contribution in [1.29, 1.82) is 0 Å². The topological polar surface area (TPSA) is 78.0 Å². The van der Waals surface area contributed by atoms with Crippen molar-refractivity contribution < 1.29 is 0 Å². The molecule has 0 N–H and O–H groups in total. The van der Waals surface area contributed by atoms with Gasteiger partial charge < -0.3 is 0 Å². The van der Waals surface area contributed by atoms with E-state index in [1.807, 2.05) is 49.6 Å². The molecule has 0 bridgehead atoms. The lowest BCUT2D eigenvalue weighted by molar-refractivity contribution is 0.770. The van der Waals surface area contributed by atoms with Gasteiger partial charge in [-0.1, -0.05) is 30.0 Å². The number of pyridine rings is 1. The highest BCUT2D eigenvalue weighted by Gasteiger charge is 2.18. The van der Waals surface area contributed by atoms with E-state index in [1.165, 1.54) is 11.8 Å². The van der Waals surface area contributed by atoms with Gasteiger partial charge in [0.1, 0.15) is 5.39 Å². The number of rotatable bonds is 2. The molecule has 0 saturated heterocycles. The molecular formula is C19H14N6OS. The number of nitrogens with zero attached hydrogens (tertiary/aromatic N) is 6. The Morgan fingerprint density at radius 1 is 0.963 bits per heavy atom. The summed E-state index contributed by atoms with van der Waals surface area (Å²) in [6.07, 6.45) is 5.21. The number of aryl methyl sites for hydroxylation is 1. The quantitative estimate of drug-likeness (QED) is 0.349. The minimum absolute atomic E-state index is 0.221. The number of hydrogen-bond donors (Lipinski definition) is 0. The van der Waals surface area contributed by atoms with E-state index < -0.39 is 0 Å². The SMILES string of the molecule is CSc1ncc2c(=O)n3c(nc2n1)c1ccccc1n3-c1ccc(C)cn1. The molecule has 0 unspecified atom stereocenters. The van der Waals surface area contributed by atoms with Gasteiger partial charge in [0.2, 0.25) is 0 Å². The van der Waals surface area contributed by atoms with Crippen molar-refractivity contribution in [2.75, 3.05) is 6.26 Å². The Morgan fingerprint density at radius 2 is 1.81 bits per heavy atom. The Kier molecular flexibility index (Phi) is 3.48. The van der Waals surface area contributed by atoms with Crippen molar-refractivity contribution in [2.24, 2.45) is 0 Å². The third kappa shape index (κ3) is 2.33. The molecular weight excluding hydrogens is 360 g/mol. The van der Waals surface area contributed by atoms with Crippen LogP contribution in [0.15, 0.2) is 58.7 Å². The molecule has 5 aromatic rings. The molecule has 8 heteroatoms. The summed E-state index contributed by atoms with van der Waals surface area (Å²) in [4.78, 5) is 31.1. The van der Waals surface area contributed by atoms with Crippen LogP contribution in [0.1, 0.15) is 5.56 Å². The monoisotopic (exact) mass is 374 g/mol. The van der Waals surface area contributed by atoms with Crippen LogP contribution in [-0.4, -0.2) is 35.4 Å². The lowest BCUT2D eigenvalue weighted by atomic mass is 10.2. The molecule has 4 aromatic heterocycles. The van der Waals surface area contributed by atoms with Crippen LogP contribution in [0.4, 0.5) is 0 Å². The van der Waals surface area contributed by atoms with Gasteiger partial charge >= 0.3 is 0 Å². The van der Waals surface area contributed by atoms with Crippen LogP contribution in [0.5, 0.6) is 0 Å². The van der Waals surface area contributed by atoms with E-state index >= 15 is 0 Å². The summed E-state index contributed by atoms with van der Waals surface area (Å²) in [6, 6.07) is 11.6. The van der Waals surface area contributed by atoms with Gasteiger partial charge in [-0.3, -0.25) is 4.79 Å². The van der Waals surface area contributed by atoms with Gasteiger partial charge in [0, 0.05) is 17.8 Å². The van der Waals surface area contributed by atoms with E-state index in [1.54, 1.807) is 21.6 Å². The number of aromatic nitrogens is 6. The molecule has 0 atom stereocenters. The fraction of sp³-hybridized carbons (Fsp3) is 0.105. The van der Waals surface area contributed by atoms with Crippen LogP contribution < -0.4 is 5.56 Å². The molecule has 7 nitrogen and oxygen atoms in total. The Hall–Kier alpha value is -3.26. The highest BCUT2D eigenvalue weighted by molar-refractivity contribution is 7.98. The van der Waals surface area contributed by atoms with Gasteiger partial charge in [0.05, 0.1) is 5.52 Å². The van der Waals surface area contributed by atoms with Gasteiger partial charge in [-0.05, 0) is 36.9 Å². The number of para-hydroxylation sites is 1. The lowest BCUT2D eigenvalue weighted by Gasteiger charge is -2.08. The largest absolute Gasteiger partial charge is 0.284 e. The van der Waals surface area contributed by atoms with Crippen molar-refractivity contribution in [2.45, 2.75) is 12.1 Å². The maximum Gasteiger partial charge on any atom is 0.284 e. The zero-order valence-corrected chi connectivity index (χ0v) is 15.4. The normalized spacial score (nSPS) is 11.6. The molecule has 5 rings (SSSR count). The molecule has 0 aliphatic carbocycles. The molecule has 27 heavy (non-hydrogen) atoms. The predicted octanol–water partition coefficient (Wildman–Crippen LogP) is 3.01. The van der Waals surface area contributed by atoms with Crippen LogP contribution in [-0.2, 0) is 0 Å². The average Bonchev–Trinajstić information content (AvgIpc) is 3.03. The number of benzene rings is 1. The molecule has 132 valence electrons. The van der Waals surface area contributed by atoms with Crippen molar-refractivity contribution >= 4 is 39.3 Å². The Labute approximate surface area is 157 Å². The maximum absolute atomic E-state index is 13.3. The molecule has 0 aliphatic heterocycles. The fourth-order valence-electron chi connectivity index (χ4n) is 3.18. The van der Waals surface area contributed by atoms with E-state index in [2.05, 4.69) is 19.9 Å². The van der Waals surface area contributed by atoms with Crippen LogP contribution in [0, 0.1) is 6.92 Å². The lowest BCUT2D eigenvalue weighted by Crippen LogP contribution is -2.22. The first-order valence-corrected chi connectivity index (χ1v) is 9.56. The predicted molar refractivity (Wildman–Crippen MR) is 106 cm³/mol. The standard InChI is InChI=1S/C19H14N6OS/c1-11-7-8-15(20-9-11)24-14-6-4-3-5-12(14)17-22-16-13(18(26)25(17)24)10-21-19(23-16)27-2/h3-10H,1-2H3. The minimum atomic E-state index is -0.221. The molecule has 0 spiro atoms. The number of thioether (sulfide) groups is 1. The second-order valence-electron chi connectivity index (χ2n) is 6.17. The van der Waals surface area contributed by atoms with Gasteiger partial charge in [-0.15, -0.1) is 0 Å². The van der Waals surface area contributed by atoms with Crippen molar-refractivity contribution in [3.05, 3.63) is 64.7 Å². The zero-order valence-electron chi connectivity index (χ0n) is 14.6. The van der Waals surface area contributed by atoms with Gasteiger partial charge in [0.25, 0.3) is 5.56 Å². The summed E-state index contributed by atoms with van der Waals surface area (Å²) in [5.41, 5.74) is 2.64. The molecule has 0 radical (unpaired) electrons. The van der Waals surface area contributed by atoms with Crippen molar-refractivity contribution in [1.82, 2.24) is 29.1 Å². The summed E-state index contributed by atoms with van der Waals surface area (Å²) in [7, 11) is 0. The maximum atomic E-state index is 13.3. The first kappa shape index (κ1) is 16.0. The van der Waals surface area contributed by atoms with Crippen molar-refractivity contribution in [3.8, 4) is 5.82 Å². The molecule has 4 heterocycles. The summed E-state index contributed by atoms with van der Waals surface area (Å²) in [6.45, 7) is 1.98. The molecule has 0 saturated carbocycles. The molecule has 0 fully saturated rings. The van der Waals surface area contributed by atoms with E-state index in [4.69, 9.17) is 0 Å². The summed E-state index contributed by atoms with van der Waals surface area (Å²) in [5.74, 6) is 0.650. The Bertz CT molecular complexity index is 1390. The highest BCUT2D eigenvalue weighted by Crippen LogP contribution is 2.24. The zero-order chi connectivity index (χ0) is 18.5. The molecule has 0 amide bonds. The molecule has 0 aliphatic rings. The van der Waals surface area contributed by atoms with Crippen molar-refractivity contribution in [3.63, 3.8) is 0 Å². The smallest absolute Gasteiger partial charge is 0.266 e. The first-order chi connectivity index (χ1) is 13.2. The second-order valence-corrected chi connectivity index (χ2v) is 6.94. The summed E-state index contributed by atoms with van der Waals surface area (Å²) >= 11 is 1.42. The Balaban J connectivity index is 2.00. The van der Waals surface area contributed by atoms with Gasteiger partial charge in [-0.25, -0.2) is 24.6 Å². The van der Waals surface area contributed by atoms with Gasteiger partial charge in [0.15, 0.2) is 22.3 Å². The molecule has 1 aromatic carbocycles. The van der Waals surface area contributed by atoms with E-state index in [0.717, 1.165) is 16.5 Å². The van der Waals surface area contributed by atoms with Crippen LogP contribution >= 0.6 is 11.8 Å². The summed E-state index contributed by atoms with van der Waals surface area (Å²) < 4.78 is 3.34. The third-order valence-electron chi connectivity index (χ3n) is 4.45. The number of fused-ring (bicyclic) bond motifs is 4. The van der Waals surface area contributed by atoms with E-state index in [0.29, 0.717) is 27.7 Å². The number of hydrogen-bond acceptors (Lipinski definition) is 6. The Morgan fingerprint density at radius 3 is 2.59 bits per heavy atom. The van der Waals surface area contributed by atoms with Crippen LogP contribution in [0.2, 0.25) is 0 Å². The van der Waals surface area contributed by atoms with Gasteiger partial charge in [-0.2, -0.15) is 4.52 Å². The van der Waals surface area contributed by atoms with E-state index in [9.17, 15) is 4.79 Å².